The predicted molar refractivity (Wildman–Crippen MR) is 286 cm³/mol. The van der Waals surface area contributed by atoms with Crippen LogP contribution < -0.4 is 31.8 Å². The predicted octanol–water partition coefficient (Wildman–Crippen LogP) is 15.3. The molecule has 355 valence electrons. The molecular formula is C60H64BF4P2Rh-. The molecule has 8 heteroatoms. The first-order chi connectivity index (χ1) is 32.9. The third-order valence-corrected chi connectivity index (χ3v) is 17.4. The maximum atomic E-state index is 9.75. The Bertz CT molecular complexity index is 2230. The van der Waals surface area contributed by atoms with Gasteiger partial charge < -0.3 is 17.3 Å². The van der Waals surface area contributed by atoms with Gasteiger partial charge in [0.25, 0.3) is 0 Å². The topological polar surface area (TPSA) is 0 Å². The summed E-state index contributed by atoms with van der Waals surface area (Å²) in [6.45, 7) is 0. The Kier molecular flexibility index (Phi) is 22.0. The molecule has 0 nitrogen and oxygen atoms in total. The molecule has 0 aliphatic heterocycles. The molecule has 0 unspecified atom stereocenters. The van der Waals surface area contributed by atoms with Gasteiger partial charge in [-0.15, -0.1) is 0 Å². The molecule has 0 amide bonds. The Morgan fingerprint density at radius 1 is 0.309 bits per heavy atom. The molecule has 0 spiro atoms. The SMILES string of the molecule is C1=C\CC/C=C\CC/1.C1=C\CC/C=C\CC/1.F[B-](F)(F)F.[Rh].c1ccc(P(c2ccccc2)c2ccc3c(c2-c2c(P(c4ccccc4)c4ccccc4)ccc4c2CCCC4)CCCC3)cc1. The van der Waals surface area contributed by atoms with Gasteiger partial charge in [0.2, 0.25) is 0 Å². The number of benzene rings is 6. The second-order valence-corrected chi connectivity index (χ2v) is 21.7. The third kappa shape index (κ3) is 15.8. The summed E-state index contributed by atoms with van der Waals surface area (Å²) in [5.41, 5.74) is 9.54. The Morgan fingerprint density at radius 3 is 0.794 bits per heavy atom. The van der Waals surface area contributed by atoms with E-state index in [0.29, 0.717) is 0 Å². The van der Waals surface area contributed by atoms with Crippen LogP contribution >= 0.6 is 15.8 Å². The van der Waals surface area contributed by atoms with Crippen molar-refractivity contribution < 1.29 is 36.7 Å². The Morgan fingerprint density at radius 2 is 0.544 bits per heavy atom. The summed E-state index contributed by atoms with van der Waals surface area (Å²) in [4.78, 5) is 0. The van der Waals surface area contributed by atoms with Gasteiger partial charge >= 0.3 is 7.25 Å². The number of halogens is 4. The van der Waals surface area contributed by atoms with Crippen LogP contribution in [0.3, 0.4) is 0 Å². The second kappa shape index (κ2) is 28.3. The van der Waals surface area contributed by atoms with E-state index in [1.54, 1.807) is 33.4 Å². The van der Waals surface area contributed by atoms with Crippen molar-refractivity contribution in [3.05, 3.63) is 216 Å². The van der Waals surface area contributed by atoms with Crippen molar-refractivity contribution in [2.45, 2.75) is 103 Å². The summed E-state index contributed by atoms with van der Waals surface area (Å²) >= 11 is 0. The fourth-order valence-electron chi connectivity index (χ4n) is 9.44. The van der Waals surface area contributed by atoms with Crippen molar-refractivity contribution >= 4 is 54.9 Å². The second-order valence-electron chi connectivity index (χ2n) is 17.3. The molecule has 68 heavy (non-hydrogen) atoms. The van der Waals surface area contributed by atoms with Gasteiger partial charge in [-0.1, -0.05) is 194 Å². The van der Waals surface area contributed by atoms with Crippen LogP contribution in [0, 0.1) is 0 Å². The van der Waals surface area contributed by atoms with Gasteiger partial charge in [0.1, 0.15) is 0 Å². The third-order valence-electron chi connectivity index (χ3n) is 12.5. The summed E-state index contributed by atoms with van der Waals surface area (Å²) in [6.07, 6.45) is 37.8. The molecule has 6 aromatic carbocycles. The summed E-state index contributed by atoms with van der Waals surface area (Å²) < 4.78 is 39.0. The summed E-state index contributed by atoms with van der Waals surface area (Å²) in [5.74, 6) is 0. The Balaban J connectivity index is 0.000000286. The van der Waals surface area contributed by atoms with Gasteiger partial charge in [0, 0.05) is 19.5 Å². The van der Waals surface area contributed by atoms with E-state index in [2.05, 4.69) is 194 Å². The fraction of sp³-hybridized carbons (Fsp3) is 0.267. The molecule has 6 aromatic rings. The average molecular weight is 1040 g/mol. The van der Waals surface area contributed by atoms with Crippen molar-refractivity contribution in [2.75, 3.05) is 0 Å². The molecule has 10 rings (SSSR count). The van der Waals surface area contributed by atoms with Gasteiger partial charge in [-0.25, -0.2) is 0 Å². The van der Waals surface area contributed by atoms with E-state index < -0.39 is 23.1 Å². The number of fused-ring (bicyclic) bond motifs is 2. The van der Waals surface area contributed by atoms with Crippen molar-refractivity contribution in [2.24, 2.45) is 0 Å². The minimum absolute atomic E-state index is 0. The van der Waals surface area contributed by atoms with Gasteiger partial charge in [0.15, 0.2) is 0 Å². The summed E-state index contributed by atoms with van der Waals surface area (Å²) in [5, 5.41) is 8.79. The van der Waals surface area contributed by atoms with E-state index in [1.165, 1.54) is 135 Å². The van der Waals surface area contributed by atoms with E-state index in [1.807, 2.05) is 0 Å². The zero-order chi connectivity index (χ0) is 46.5. The van der Waals surface area contributed by atoms with Gasteiger partial charge in [-0.3, -0.25) is 0 Å². The molecule has 4 aliphatic rings. The molecule has 0 saturated heterocycles. The van der Waals surface area contributed by atoms with Crippen LogP contribution in [-0.4, -0.2) is 7.25 Å². The van der Waals surface area contributed by atoms with E-state index in [9.17, 15) is 17.3 Å². The van der Waals surface area contributed by atoms with Gasteiger partial charge in [0.05, 0.1) is 0 Å². The summed E-state index contributed by atoms with van der Waals surface area (Å²) in [7, 11) is -7.50. The van der Waals surface area contributed by atoms with Crippen molar-refractivity contribution in [1.82, 2.24) is 0 Å². The fourth-order valence-corrected chi connectivity index (χ4v) is 14.4. The van der Waals surface area contributed by atoms with Crippen molar-refractivity contribution in [3.63, 3.8) is 0 Å². The molecule has 0 atom stereocenters. The smallest absolute Gasteiger partial charge is 0.418 e. The first-order valence-corrected chi connectivity index (χ1v) is 27.1. The maximum absolute atomic E-state index is 9.75. The number of hydrogen-bond donors (Lipinski definition) is 0. The zero-order valence-corrected chi connectivity index (χ0v) is 42.5. The van der Waals surface area contributed by atoms with Crippen LogP contribution in [0.5, 0.6) is 0 Å². The monoisotopic (exact) mass is 1040 g/mol. The van der Waals surface area contributed by atoms with Gasteiger partial charge in [-0.05, 0) is 184 Å². The Hall–Kier alpha value is -4.45. The molecule has 0 fully saturated rings. The number of hydrogen-bond acceptors (Lipinski definition) is 0. The quantitative estimate of drug-likeness (QED) is 0.0647. The minimum atomic E-state index is -6.00. The van der Waals surface area contributed by atoms with E-state index >= 15 is 0 Å². The van der Waals surface area contributed by atoms with E-state index in [-0.39, 0.29) is 19.5 Å². The van der Waals surface area contributed by atoms with Crippen LogP contribution in [0.15, 0.2) is 194 Å². The van der Waals surface area contributed by atoms with Crippen LogP contribution in [0.4, 0.5) is 17.3 Å². The standard InChI is InChI=1S/C44H40P2.2C8H12.BF4.Rh/c1-5-19-35(20-6-1)45(36-21-7-2-8-22-36)41-31-29-33-17-13-15-27-39(33)43(41)44-40-28-16-14-18-34(40)30-32-42(44)46(37-23-9-3-10-24-37)38-25-11-4-12-26-38;2*1-2-4-6-8-7-5-3-1;2-1(3,4)5;/h1-12,19-26,29-32H,13-18,27-28H2;2*1-2,7-8H,3-6H2;;/q;;;-1;/b;2*2-1-,8-7-;;. The molecule has 0 bridgehead atoms. The molecule has 0 saturated carbocycles. The van der Waals surface area contributed by atoms with Crippen LogP contribution in [-0.2, 0) is 45.2 Å². The van der Waals surface area contributed by atoms with E-state index in [0.717, 1.165) is 0 Å². The molecule has 4 aliphatic carbocycles. The number of aryl methyl sites for hydroxylation is 2. The summed E-state index contributed by atoms with van der Waals surface area (Å²) in [6, 6.07) is 55.5. The van der Waals surface area contributed by atoms with E-state index in [4.69, 9.17) is 0 Å². The van der Waals surface area contributed by atoms with Crippen molar-refractivity contribution in [3.8, 4) is 11.1 Å². The molecular weight excluding hydrogens is 972 g/mol. The first-order valence-electron chi connectivity index (χ1n) is 24.4. The first kappa shape index (κ1) is 52.9. The zero-order valence-electron chi connectivity index (χ0n) is 39.1. The van der Waals surface area contributed by atoms with Crippen LogP contribution in [0.1, 0.15) is 99.3 Å². The molecule has 0 N–H and O–H groups in total. The maximum Gasteiger partial charge on any atom is 0.673 e. The molecule has 0 heterocycles. The largest absolute Gasteiger partial charge is 0.673 e. The number of rotatable bonds is 7. The van der Waals surface area contributed by atoms with Crippen LogP contribution in [0.2, 0.25) is 0 Å². The number of allylic oxidation sites excluding steroid dienone is 8. The average Bonchev–Trinajstić information content (AvgIpc) is 3.33. The molecule has 1 radical (unpaired) electrons. The van der Waals surface area contributed by atoms with Crippen LogP contribution in [0.25, 0.3) is 11.1 Å². The Labute approximate surface area is 419 Å². The van der Waals surface area contributed by atoms with Crippen molar-refractivity contribution in [1.29, 1.82) is 0 Å². The van der Waals surface area contributed by atoms with Gasteiger partial charge in [-0.2, -0.15) is 0 Å². The molecule has 0 aromatic heterocycles. The normalized spacial score (nSPS) is 17.1. The minimum Gasteiger partial charge on any atom is -0.418 e.